The van der Waals surface area contributed by atoms with Gasteiger partial charge in [-0.3, -0.25) is 9.69 Å². The third-order valence-corrected chi connectivity index (χ3v) is 3.74. The summed E-state index contributed by atoms with van der Waals surface area (Å²) in [6, 6.07) is 6.94. The SMILES string of the molecule is O=C(CN1CCCC(C(F)F)C1)Nc1ccccc1Cl. The molecule has 1 fully saturated rings. The van der Waals surface area contributed by atoms with Crippen LogP contribution in [0.4, 0.5) is 14.5 Å². The molecule has 1 saturated heterocycles. The van der Waals surface area contributed by atoms with Gasteiger partial charge in [0.2, 0.25) is 12.3 Å². The van der Waals surface area contributed by atoms with E-state index in [0.29, 0.717) is 30.1 Å². The van der Waals surface area contributed by atoms with Crippen molar-refractivity contribution in [2.24, 2.45) is 5.92 Å². The predicted molar refractivity (Wildman–Crippen MR) is 75.2 cm³/mol. The van der Waals surface area contributed by atoms with Crippen molar-refractivity contribution in [3.8, 4) is 0 Å². The van der Waals surface area contributed by atoms with Crippen LogP contribution in [0.25, 0.3) is 0 Å². The van der Waals surface area contributed by atoms with Gasteiger partial charge in [-0.25, -0.2) is 8.78 Å². The first-order valence-electron chi connectivity index (χ1n) is 6.61. The fourth-order valence-corrected chi connectivity index (χ4v) is 2.58. The second kappa shape index (κ2) is 6.99. The Kier molecular flexibility index (Phi) is 5.31. The van der Waals surface area contributed by atoms with Gasteiger partial charge in [0.25, 0.3) is 0 Å². The van der Waals surface area contributed by atoms with E-state index in [-0.39, 0.29) is 19.0 Å². The first kappa shape index (κ1) is 15.2. The Bertz CT molecular complexity index is 470. The van der Waals surface area contributed by atoms with Gasteiger partial charge in [-0.2, -0.15) is 0 Å². The van der Waals surface area contributed by atoms with Crippen molar-refractivity contribution in [2.45, 2.75) is 19.3 Å². The van der Waals surface area contributed by atoms with Crippen LogP contribution >= 0.6 is 11.6 Å². The number of rotatable bonds is 4. The Morgan fingerprint density at radius 2 is 2.20 bits per heavy atom. The van der Waals surface area contributed by atoms with Crippen molar-refractivity contribution in [1.82, 2.24) is 4.90 Å². The van der Waals surface area contributed by atoms with Crippen molar-refractivity contribution in [2.75, 3.05) is 25.0 Å². The number of likely N-dealkylation sites (tertiary alicyclic amines) is 1. The molecule has 1 atom stereocenters. The van der Waals surface area contributed by atoms with E-state index in [9.17, 15) is 13.6 Å². The van der Waals surface area contributed by atoms with Crippen LogP contribution < -0.4 is 5.32 Å². The van der Waals surface area contributed by atoms with Crippen LogP contribution in [-0.4, -0.2) is 36.9 Å². The van der Waals surface area contributed by atoms with Gasteiger partial charge < -0.3 is 5.32 Å². The number of alkyl halides is 2. The summed E-state index contributed by atoms with van der Waals surface area (Å²) in [6.45, 7) is 1.07. The summed E-state index contributed by atoms with van der Waals surface area (Å²) in [5.41, 5.74) is 0.543. The van der Waals surface area contributed by atoms with Gasteiger partial charge in [0.05, 0.1) is 17.3 Å². The molecule has 3 nitrogen and oxygen atoms in total. The second-order valence-corrected chi connectivity index (χ2v) is 5.41. The number of hydrogen-bond acceptors (Lipinski definition) is 2. The lowest BCUT2D eigenvalue weighted by molar-refractivity contribution is -0.118. The lowest BCUT2D eigenvalue weighted by Gasteiger charge is -2.31. The Hall–Kier alpha value is -1.20. The molecule has 6 heteroatoms. The number of carbonyl (C=O) groups excluding carboxylic acids is 1. The second-order valence-electron chi connectivity index (χ2n) is 5.00. The molecule has 110 valence electrons. The summed E-state index contributed by atoms with van der Waals surface area (Å²) in [7, 11) is 0. The number of piperidine rings is 1. The number of hydrogen-bond donors (Lipinski definition) is 1. The maximum absolute atomic E-state index is 12.7. The Labute approximate surface area is 121 Å². The minimum absolute atomic E-state index is 0.119. The minimum Gasteiger partial charge on any atom is -0.324 e. The number of carbonyl (C=O) groups is 1. The van der Waals surface area contributed by atoms with Crippen molar-refractivity contribution in [3.05, 3.63) is 29.3 Å². The van der Waals surface area contributed by atoms with E-state index in [4.69, 9.17) is 11.6 Å². The fraction of sp³-hybridized carbons (Fsp3) is 0.500. The molecule has 20 heavy (non-hydrogen) atoms. The number of nitrogens with zero attached hydrogens (tertiary/aromatic N) is 1. The molecule has 0 aromatic heterocycles. The first-order chi connectivity index (χ1) is 9.56. The van der Waals surface area contributed by atoms with E-state index in [0.717, 1.165) is 0 Å². The maximum atomic E-state index is 12.7. The van der Waals surface area contributed by atoms with Gasteiger partial charge in [0.15, 0.2) is 0 Å². The van der Waals surface area contributed by atoms with Crippen LogP contribution in [0.2, 0.25) is 5.02 Å². The van der Waals surface area contributed by atoms with Crippen LogP contribution in [0.1, 0.15) is 12.8 Å². The Morgan fingerprint density at radius 1 is 1.45 bits per heavy atom. The fourth-order valence-electron chi connectivity index (χ4n) is 2.40. The summed E-state index contributed by atoms with van der Waals surface area (Å²) in [4.78, 5) is 13.7. The number of amides is 1. The third-order valence-electron chi connectivity index (χ3n) is 3.41. The maximum Gasteiger partial charge on any atom is 0.242 e. The number of nitrogens with one attached hydrogen (secondary N) is 1. The molecular weight excluding hydrogens is 286 g/mol. The normalized spacial score (nSPS) is 20.1. The highest BCUT2D eigenvalue weighted by Gasteiger charge is 2.27. The van der Waals surface area contributed by atoms with Crippen LogP contribution in [0, 0.1) is 5.92 Å². The Morgan fingerprint density at radius 3 is 2.90 bits per heavy atom. The monoisotopic (exact) mass is 302 g/mol. The van der Waals surface area contributed by atoms with E-state index < -0.39 is 12.3 Å². The third kappa shape index (κ3) is 4.15. The van der Waals surface area contributed by atoms with Gasteiger partial charge in [-0.15, -0.1) is 0 Å². The summed E-state index contributed by atoms with van der Waals surface area (Å²) in [5, 5.41) is 3.16. The molecule has 1 N–H and O–H groups in total. The summed E-state index contributed by atoms with van der Waals surface area (Å²) in [5.74, 6) is -0.857. The van der Waals surface area contributed by atoms with Crippen LogP contribution in [0.5, 0.6) is 0 Å². The zero-order chi connectivity index (χ0) is 14.5. The standard InChI is InChI=1S/C14H17ClF2N2O/c15-11-5-1-2-6-12(11)18-13(20)9-19-7-3-4-10(8-19)14(16)17/h1-2,5-6,10,14H,3-4,7-9H2,(H,18,20). The van der Waals surface area contributed by atoms with Gasteiger partial charge in [0, 0.05) is 12.5 Å². The number of anilines is 1. The molecule has 0 aliphatic carbocycles. The van der Waals surface area contributed by atoms with E-state index >= 15 is 0 Å². The quantitative estimate of drug-likeness (QED) is 0.926. The number of halogens is 3. The predicted octanol–water partition coefficient (Wildman–Crippen LogP) is 3.26. The average Bonchev–Trinajstić information content (AvgIpc) is 2.41. The summed E-state index contributed by atoms with van der Waals surface area (Å²) >= 11 is 5.95. The molecule has 1 aromatic carbocycles. The highest BCUT2D eigenvalue weighted by atomic mass is 35.5. The van der Waals surface area contributed by atoms with Crippen molar-refractivity contribution < 1.29 is 13.6 Å². The first-order valence-corrected chi connectivity index (χ1v) is 6.99. The van der Waals surface area contributed by atoms with E-state index in [1.54, 1.807) is 29.2 Å². The Balaban J connectivity index is 1.87. The highest BCUT2D eigenvalue weighted by molar-refractivity contribution is 6.33. The molecule has 1 aromatic rings. The lowest BCUT2D eigenvalue weighted by atomic mass is 9.99. The van der Waals surface area contributed by atoms with E-state index in [1.165, 1.54) is 0 Å². The molecule has 0 radical (unpaired) electrons. The van der Waals surface area contributed by atoms with Gasteiger partial charge >= 0.3 is 0 Å². The zero-order valence-electron chi connectivity index (χ0n) is 11.0. The molecule has 0 bridgehead atoms. The van der Waals surface area contributed by atoms with Gasteiger partial charge in [-0.1, -0.05) is 23.7 Å². The smallest absolute Gasteiger partial charge is 0.242 e. The topological polar surface area (TPSA) is 32.3 Å². The van der Waals surface area contributed by atoms with E-state index in [2.05, 4.69) is 5.32 Å². The molecule has 1 amide bonds. The molecule has 0 saturated carbocycles. The number of benzene rings is 1. The van der Waals surface area contributed by atoms with Crippen LogP contribution in [0.15, 0.2) is 24.3 Å². The molecule has 1 aliphatic rings. The van der Waals surface area contributed by atoms with E-state index in [1.807, 2.05) is 0 Å². The number of para-hydroxylation sites is 1. The van der Waals surface area contributed by atoms with Gasteiger partial charge in [-0.05, 0) is 31.5 Å². The van der Waals surface area contributed by atoms with Gasteiger partial charge in [0.1, 0.15) is 0 Å². The summed E-state index contributed by atoms with van der Waals surface area (Å²) < 4.78 is 25.4. The van der Waals surface area contributed by atoms with Crippen LogP contribution in [0.3, 0.4) is 0 Å². The van der Waals surface area contributed by atoms with Crippen molar-refractivity contribution in [1.29, 1.82) is 0 Å². The van der Waals surface area contributed by atoms with Crippen molar-refractivity contribution >= 4 is 23.2 Å². The molecule has 0 spiro atoms. The molecule has 1 heterocycles. The van der Waals surface area contributed by atoms with Crippen molar-refractivity contribution in [3.63, 3.8) is 0 Å². The highest BCUT2D eigenvalue weighted by Crippen LogP contribution is 2.23. The summed E-state index contributed by atoms with van der Waals surface area (Å²) in [6.07, 6.45) is -1.08. The molecule has 1 unspecified atom stereocenters. The molecular formula is C14H17ClF2N2O. The minimum atomic E-state index is -2.32. The average molecular weight is 303 g/mol. The molecule has 2 rings (SSSR count). The lowest BCUT2D eigenvalue weighted by Crippen LogP contribution is -2.42. The largest absolute Gasteiger partial charge is 0.324 e. The zero-order valence-corrected chi connectivity index (χ0v) is 11.7. The molecule has 1 aliphatic heterocycles. The van der Waals surface area contributed by atoms with Crippen LogP contribution in [-0.2, 0) is 4.79 Å².